The van der Waals surface area contributed by atoms with Crippen LogP contribution in [0.5, 0.6) is 0 Å². The molecule has 1 unspecified atom stereocenters. The van der Waals surface area contributed by atoms with Crippen LogP contribution < -0.4 is 0 Å². The second-order valence-corrected chi connectivity index (χ2v) is 7.18. The van der Waals surface area contributed by atoms with E-state index in [1.165, 1.54) is 5.56 Å². The summed E-state index contributed by atoms with van der Waals surface area (Å²) in [5.41, 5.74) is 2.07. The number of amides is 1. The van der Waals surface area contributed by atoms with Gasteiger partial charge in [0.15, 0.2) is 0 Å². The van der Waals surface area contributed by atoms with Gasteiger partial charge in [-0.2, -0.15) is 0 Å². The van der Waals surface area contributed by atoms with Gasteiger partial charge in [-0.25, -0.2) is 0 Å². The van der Waals surface area contributed by atoms with Crippen LogP contribution >= 0.6 is 0 Å². The molecule has 2 N–H and O–H groups in total. The summed E-state index contributed by atoms with van der Waals surface area (Å²) in [5, 5.41) is 19.1. The predicted octanol–water partition coefficient (Wildman–Crippen LogP) is 3.86. The normalized spacial score (nSPS) is 18.4. The molecule has 5 heteroatoms. The lowest BCUT2D eigenvalue weighted by Crippen LogP contribution is -2.32. The third-order valence-electron chi connectivity index (χ3n) is 5.13. The fourth-order valence-electron chi connectivity index (χ4n) is 3.50. The minimum Gasteiger partial charge on any atom is -0.481 e. The smallest absolute Gasteiger partial charge is 0.303 e. The summed E-state index contributed by atoms with van der Waals surface area (Å²) < 4.78 is 0. The third-order valence-corrected chi connectivity index (χ3v) is 5.13. The van der Waals surface area contributed by atoms with Gasteiger partial charge in [0.1, 0.15) is 0 Å². The number of rotatable bonds is 11. The number of carbonyl (C=O) groups is 2. The monoisotopic (exact) mass is 373 g/mol. The largest absolute Gasteiger partial charge is 0.481 e. The van der Waals surface area contributed by atoms with E-state index in [1.807, 2.05) is 35.2 Å². The lowest BCUT2D eigenvalue weighted by molar-refractivity contribution is -0.137. The number of hydrogen-bond donors (Lipinski definition) is 2. The molecule has 0 saturated carbocycles. The van der Waals surface area contributed by atoms with Crippen molar-refractivity contribution >= 4 is 11.9 Å². The van der Waals surface area contributed by atoms with Gasteiger partial charge in [-0.05, 0) is 36.8 Å². The van der Waals surface area contributed by atoms with E-state index < -0.39 is 12.1 Å². The predicted molar refractivity (Wildman–Crippen MR) is 105 cm³/mol. The van der Waals surface area contributed by atoms with Crippen LogP contribution in [0.25, 0.3) is 0 Å². The number of unbranched alkanes of at least 4 members (excludes halogenated alkanes) is 3. The van der Waals surface area contributed by atoms with Crippen LogP contribution in [0.1, 0.15) is 69.1 Å². The third kappa shape index (κ3) is 6.83. The molecular weight excluding hydrogens is 342 g/mol. The molecule has 5 nitrogen and oxygen atoms in total. The quantitative estimate of drug-likeness (QED) is 0.456. The van der Waals surface area contributed by atoms with Crippen LogP contribution in [0.3, 0.4) is 0 Å². The number of carboxylic acids is 1. The van der Waals surface area contributed by atoms with Crippen molar-refractivity contribution < 1.29 is 19.8 Å². The zero-order valence-corrected chi connectivity index (χ0v) is 16.1. The molecule has 1 aromatic rings. The first kappa shape index (κ1) is 21.2. The number of benzene rings is 1. The molecule has 1 saturated heterocycles. The van der Waals surface area contributed by atoms with Gasteiger partial charge < -0.3 is 15.1 Å². The van der Waals surface area contributed by atoms with Crippen LogP contribution in [-0.2, 0) is 16.0 Å². The molecule has 0 aromatic heterocycles. The Kier molecular flexibility index (Phi) is 8.52. The van der Waals surface area contributed by atoms with Crippen LogP contribution in [0, 0.1) is 0 Å². The minimum atomic E-state index is -0.752. The maximum atomic E-state index is 12.1. The molecule has 1 aliphatic rings. The first-order valence-electron chi connectivity index (χ1n) is 9.97. The van der Waals surface area contributed by atoms with Gasteiger partial charge in [0.05, 0.1) is 12.1 Å². The van der Waals surface area contributed by atoms with Gasteiger partial charge in [0.2, 0.25) is 5.91 Å². The van der Waals surface area contributed by atoms with Gasteiger partial charge in [0, 0.05) is 19.4 Å². The molecule has 148 valence electrons. The van der Waals surface area contributed by atoms with E-state index in [4.69, 9.17) is 5.11 Å². The van der Waals surface area contributed by atoms with Crippen molar-refractivity contribution in [3.05, 3.63) is 47.5 Å². The van der Waals surface area contributed by atoms with Crippen LogP contribution in [0.2, 0.25) is 0 Å². The van der Waals surface area contributed by atoms with Gasteiger partial charge in [-0.3, -0.25) is 9.59 Å². The summed E-state index contributed by atoms with van der Waals surface area (Å²) >= 11 is 0. The van der Waals surface area contributed by atoms with E-state index in [9.17, 15) is 14.7 Å². The van der Waals surface area contributed by atoms with Crippen LogP contribution in [-0.4, -0.2) is 39.6 Å². The molecule has 0 bridgehead atoms. The van der Waals surface area contributed by atoms with Gasteiger partial charge in [-0.1, -0.05) is 56.2 Å². The molecule has 0 spiro atoms. The fourth-order valence-corrected chi connectivity index (χ4v) is 3.50. The molecule has 1 heterocycles. The van der Waals surface area contributed by atoms with Crippen molar-refractivity contribution in [2.45, 2.75) is 70.4 Å². The summed E-state index contributed by atoms with van der Waals surface area (Å²) in [7, 11) is 0. The standard InChI is InChI=1S/C22H31NO4/c1-2-17-8-7-9-18(16-17)20(24)13-11-19-12-14-21(25)23(19)15-6-4-3-5-10-22(26)27/h7-9,11,13,16,19-20,24H,2-6,10,12,14-15H2,1H3,(H,26,27)/b13-11+/t19?,20-/m1/s1. The van der Waals surface area contributed by atoms with Crippen LogP contribution in [0.15, 0.2) is 36.4 Å². The van der Waals surface area contributed by atoms with Crippen molar-refractivity contribution in [3.63, 3.8) is 0 Å². The summed E-state index contributed by atoms with van der Waals surface area (Å²) in [6.45, 7) is 2.79. The molecular formula is C22H31NO4. The maximum Gasteiger partial charge on any atom is 0.303 e. The highest BCUT2D eigenvalue weighted by molar-refractivity contribution is 5.79. The van der Waals surface area contributed by atoms with Crippen molar-refractivity contribution in [1.82, 2.24) is 4.90 Å². The second kappa shape index (κ2) is 10.9. The Hall–Kier alpha value is -2.14. The lowest BCUT2D eigenvalue weighted by atomic mass is 10.0. The molecule has 0 aliphatic carbocycles. The minimum absolute atomic E-state index is 0.0422. The Morgan fingerprint density at radius 3 is 2.81 bits per heavy atom. The number of aliphatic hydroxyl groups excluding tert-OH is 1. The number of aryl methyl sites for hydroxylation is 1. The first-order chi connectivity index (χ1) is 13.0. The Bertz CT molecular complexity index is 655. The number of aliphatic hydroxyl groups is 1. The Balaban J connectivity index is 1.83. The first-order valence-corrected chi connectivity index (χ1v) is 9.97. The van der Waals surface area contributed by atoms with E-state index in [2.05, 4.69) is 6.92 Å². The summed E-state index contributed by atoms with van der Waals surface area (Å²) in [4.78, 5) is 24.5. The van der Waals surface area contributed by atoms with Crippen LogP contribution in [0.4, 0.5) is 0 Å². The van der Waals surface area contributed by atoms with E-state index in [0.29, 0.717) is 19.4 Å². The number of carbonyl (C=O) groups excluding carboxylic acids is 1. The Morgan fingerprint density at radius 2 is 2.07 bits per heavy atom. The molecule has 1 fully saturated rings. The average molecular weight is 373 g/mol. The number of aliphatic carboxylic acids is 1. The van der Waals surface area contributed by atoms with E-state index >= 15 is 0 Å². The fraction of sp³-hybridized carbons (Fsp3) is 0.545. The molecule has 1 aliphatic heterocycles. The van der Waals surface area contributed by atoms with Crippen molar-refractivity contribution in [2.24, 2.45) is 0 Å². The number of carboxylic acid groups (broad SMARTS) is 1. The highest BCUT2D eigenvalue weighted by Gasteiger charge is 2.28. The number of nitrogens with zero attached hydrogens (tertiary/aromatic N) is 1. The van der Waals surface area contributed by atoms with Gasteiger partial charge in [0.25, 0.3) is 0 Å². The highest BCUT2D eigenvalue weighted by Crippen LogP contribution is 2.23. The maximum absolute atomic E-state index is 12.1. The second-order valence-electron chi connectivity index (χ2n) is 7.18. The zero-order valence-electron chi connectivity index (χ0n) is 16.1. The summed E-state index contributed by atoms with van der Waals surface area (Å²) in [5.74, 6) is -0.587. The average Bonchev–Trinajstić information content (AvgIpc) is 3.02. The van der Waals surface area contributed by atoms with E-state index in [-0.39, 0.29) is 18.4 Å². The molecule has 1 aromatic carbocycles. The lowest BCUT2D eigenvalue weighted by Gasteiger charge is -2.22. The molecule has 2 rings (SSSR count). The molecule has 1 amide bonds. The summed E-state index contributed by atoms with van der Waals surface area (Å²) in [6, 6.07) is 7.99. The summed E-state index contributed by atoms with van der Waals surface area (Å²) in [6.07, 6.45) is 8.95. The molecule has 2 atom stereocenters. The Labute approximate surface area is 161 Å². The van der Waals surface area contributed by atoms with Gasteiger partial charge >= 0.3 is 5.97 Å². The van der Waals surface area contributed by atoms with Gasteiger partial charge in [-0.15, -0.1) is 0 Å². The Morgan fingerprint density at radius 1 is 1.30 bits per heavy atom. The van der Waals surface area contributed by atoms with Crippen molar-refractivity contribution in [2.75, 3.05) is 6.54 Å². The topological polar surface area (TPSA) is 77.8 Å². The van der Waals surface area contributed by atoms with Crippen molar-refractivity contribution in [1.29, 1.82) is 0 Å². The van der Waals surface area contributed by atoms with E-state index in [1.54, 1.807) is 6.08 Å². The SMILES string of the molecule is CCc1cccc([C@H](O)/C=C/C2CCC(=O)N2CCCCCCC(=O)O)c1. The highest BCUT2D eigenvalue weighted by atomic mass is 16.4. The van der Waals surface area contributed by atoms with Crippen molar-refractivity contribution in [3.8, 4) is 0 Å². The number of likely N-dealkylation sites (tertiary alicyclic amines) is 1. The zero-order chi connectivity index (χ0) is 19.6. The molecule has 27 heavy (non-hydrogen) atoms. The number of hydrogen-bond acceptors (Lipinski definition) is 3. The van der Waals surface area contributed by atoms with E-state index in [0.717, 1.165) is 37.7 Å². The molecule has 0 radical (unpaired) electrons.